The molecular weight excluding hydrogens is 220 g/mol. The van der Waals surface area contributed by atoms with E-state index in [-0.39, 0.29) is 5.56 Å². The zero-order chi connectivity index (χ0) is 12.6. The molecule has 0 aliphatic heterocycles. The van der Waals surface area contributed by atoms with Crippen molar-refractivity contribution in [3.63, 3.8) is 0 Å². The largest absolute Gasteiger partial charge is 0.399 e. The van der Waals surface area contributed by atoms with Crippen LogP contribution < -0.4 is 5.73 Å². The fourth-order valence-electron chi connectivity index (χ4n) is 1.78. The van der Waals surface area contributed by atoms with Crippen LogP contribution in [-0.4, -0.2) is 0 Å². The minimum atomic E-state index is -0.433. The Hall–Kier alpha value is -1.90. The molecule has 0 atom stereocenters. The number of rotatable bonds is 1. The number of nitrogens with two attached hydrogens (primary N) is 1. The van der Waals surface area contributed by atoms with E-state index in [0.29, 0.717) is 16.8 Å². The molecule has 2 aromatic carbocycles. The summed E-state index contributed by atoms with van der Waals surface area (Å²) in [4.78, 5) is 0. The van der Waals surface area contributed by atoms with Crippen molar-refractivity contribution in [1.29, 1.82) is 0 Å². The molecule has 0 saturated heterocycles. The Morgan fingerprint density at radius 2 is 1.53 bits per heavy atom. The highest BCUT2D eigenvalue weighted by atomic mass is 19.1. The van der Waals surface area contributed by atoms with Crippen molar-refractivity contribution < 1.29 is 8.78 Å². The molecule has 2 rings (SSSR count). The third-order valence-electron chi connectivity index (χ3n) is 2.80. The highest BCUT2D eigenvalue weighted by Gasteiger charge is 2.11. The number of nitrogen functional groups attached to an aromatic ring is 1. The Labute approximate surface area is 98.9 Å². The SMILES string of the molecule is Cc1cc(F)c(-c2cc(N)ccc2C)cc1F. The Kier molecular flexibility index (Phi) is 2.84. The lowest BCUT2D eigenvalue weighted by Crippen LogP contribution is -1.94. The van der Waals surface area contributed by atoms with Gasteiger partial charge in [0.05, 0.1) is 0 Å². The fraction of sp³-hybridized carbons (Fsp3) is 0.143. The Morgan fingerprint density at radius 3 is 2.24 bits per heavy atom. The molecule has 0 unspecified atom stereocenters. The fourth-order valence-corrected chi connectivity index (χ4v) is 1.78. The van der Waals surface area contributed by atoms with Crippen LogP contribution in [0, 0.1) is 25.5 Å². The van der Waals surface area contributed by atoms with Crippen molar-refractivity contribution >= 4 is 5.69 Å². The standard InChI is InChI=1S/C14H13F2N/c1-8-3-4-10(17)6-11(8)12-7-13(15)9(2)5-14(12)16/h3-7H,17H2,1-2H3. The van der Waals surface area contributed by atoms with E-state index in [0.717, 1.165) is 5.56 Å². The van der Waals surface area contributed by atoms with Gasteiger partial charge in [-0.2, -0.15) is 0 Å². The van der Waals surface area contributed by atoms with Crippen LogP contribution in [0.15, 0.2) is 30.3 Å². The van der Waals surface area contributed by atoms with E-state index < -0.39 is 11.6 Å². The van der Waals surface area contributed by atoms with Gasteiger partial charge in [-0.15, -0.1) is 0 Å². The second-order valence-corrected chi connectivity index (χ2v) is 4.16. The molecule has 0 fully saturated rings. The third-order valence-corrected chi connectivity index (χ3v) is 2.80. The number of anilines is 1. The smallest absolute Gasteiger partial charge is 0.131 e. The normalized spacial score (nSPS) is 10.6. The Bertz CT molecular complexity index is 577. The van der Waals surface area contributed by atoms with Crippen molar-refractivity contribution in [2.45, 2.75) is 13.8 Å². The summed E-state index contributed by atoms with van der Waals surface area (Å²) in [5.74, 6) is -0.846. The van der Waals surface area contributed by atoms with E-state index in [4.69, 9.17) is 5.73 Å². The summed E-state index contributed by atoms with van der Waals surface area (Å²) in [7, 11) is 0. The second-order valence-electron chi connectivity index (χ2n) is 4.16. The molecule has 0 spiro atoms. The Morgan fingerprint density at radius 1 is 0.824 bits per heavy atom. The minimum absolute atomic E-state index is 0.248. The van der Waals surface area contributed by atoms with E-state index in [9.17, 15) is 8.78 Å². The molecule has 3 heteroatoms. The van der Waals surface area contributed by atoms with Gasteiger partial charge < -0.3 is 5.73 Å². The average Bonchev–Trinajstić information content (AvgIpc) is 2.27. The zero-order valence-electron chi connectivity index (χ0n) is 9.72. The van der Waals surface area contributed by atoms with Crippen LogP contribution in [0.3, 0.4) is 0 Å². The first kappa shape index (κ1) is 11.6. The molecule has 0 heterocycles. The lowest BCUT2D eigenvalue weighted by molar-refractivity contribution is 0.595. The zero-order valence-corrected chi connectivity index (χ0v) is 9.72. The van der Waals surface area contributed by atoms with Gasteiger partial charge in [-0.1, -0.05) is 6.07 Å². The molecule has 88 valence electrons. The maximum Gasteiger partial charge on any atom is 0.131 e. The molecule has 0 bridgehead atoms. The number of benzene rings is 2. The highest BCUT2D eigenvalue weighted by Crippen LogP contribution is 2.29. The molecule has 0 saturated carbocycles. The molecule has 1 nitrogen and oxygen atoms in total. The molecule has 0 amide bonds. The summed E-state index contributed by atoms with van der Waals surface area (Å²) in [6.45, 7) is 3.38. The van der Waals surface area contributed by atoms with Crippen LogP contribution in [-0.2, 0) is 0 Å². The summed E-state index contributed by atoms with van der Waals surface area (Å²) in [6.07, 6.45) is 0. The van der Waals surface area contributed by atoms with Gasteiger partial charge in [-0.25, -0.2) is 8.78 Å². The average molecular weight is 233 g/mol. The predicted octanol–water partition coefficient (Wildman–Crippen LogP) is 3.83. The molecule has 0 radical (unpaired) electrons. The van der Waals surface area contributed by atoms with E-state index in [2.05, 4.69) is 0 Å². The van der Waals surface area contributed by atoms with Gasteiger partial charge in [0.25, 0.3) is 0 Å². The third kappa shape index (κ3) is 2.13. The Balaban J connectivity index is 2.68. The molecule has 2 aromatic rings. The van der Waals surface area contributed by atoms with Gasteiger partial charge in [0.1, 0.15) is 11.6 Å². The van der Waals surface area contributed by atoms with Crippen molar-refractivity contribution in [1.82, 2.24) is 0 Å². The molecule has 17 heavy (non-hydrogen) atoms. The molecular formula is C14H13F2N. The summed E-state index contributed by atoms with van der Waals surface area (Å²) in [6, 6.07) is 7.60. The van der Waals surface area contributed by atoms with E-state index >= 15 is 0 Å². The first-order valence-corrected chi connectivity index (χ1v) is 5.31. The van der Waals surface area contributed by atoms with Gasteiger partial charge >= 0.3 is 0 Å². The van der Waals surface area contributed by atoms with Gasteiger partial charge in [0, 0.05) is 11.3 Å². The summed E-state index contributed by atoms with van der Waals surface area (Å²) >= 11 is 0. The topological polar surface area (TPSA) is 26.0 Å². The monoisotopic (exact) mass is 233 g/mol. The van der Waals surface area contributed by atoms with Gasteiger partial charge in [-0.3, -0.25) is 0 Å². The minimum Gasteiger partial charge on any atom is -0.399 e. The van der Waals surface area contributed by atoms with Crippen LogP contribution >= 0.6 is 0 Å². The second kappa shape index (κ2) is 4.17. The van der Waals surface area contributed by atoms with Crippen molar-refractivity contribution in [3.05, 3.63) is 53.1 Å². The number of halogens is 2. The quantitative estimate of drug-likeness (QED) is 0.744. The maximum absolute atomic E-state index is 13.8. The van der Waals surface area contributed by atoms with Crippen LogP contribution in [0.5, 0.6) is 0 Å². The lowest BCUT2D eigenvalue weighted by atomic mass is 9.98. The maximum atomic E-state index is 13.8. The lowest BCUT2D eigenvalue weighted by Gasteiger charge is -2.09. The summed E-state index contributed by atoms with van der Waals surface area (Å²) in [5, 5.41) is 0. The molecule has 0 aliphatic carbocycles. The van der Waals surface area contributed by atoms with Crippen LogP contribution in [0.4, 0.5) is 14.5 Å². The van der Waals surface area contributed by atoms with E-state index in [1.165, 1.54) is 19.1 Å². The summed E-state index contributed by atoms with van der Waals surface area (Å²) < 4.78 is 27.3. The molecule has 0 aromatic heterocycles. The molecule has 0 aliphatic rings. The highest BCUT2D eigenvalue weighted by molar-refractivity contribution is 5.71. The van der Waals surface area contributed by atoms with Crippen LogP contribution in [0.1, 0.15) is 11.1 Å². The van der Waals surface area contributed by atoms with Crippen LogP contribution in [0.25, 0.3) is 11.1 Å². The van der Waals surface area contributed by atoms with Gasteiger partial charge in [0.2, 0.25) is 0 Å². The van der Waals surface area contributed by atoms with Crippen molar-refractivity contribution in [2.75, 3.05) is 5.73 Å². The number of hydrogen-bond acceptors (Lipinski definition) is 1. The van der Waals surface area contributed by atoms with Gasteiger partial charge in [-0.05, 0) is 54.8 Å². The van der Waals surface area contributed by atoms with Crippen molar-refractivity contribution in [2.24, 2.45) is 0 Å². The number of hydrogen-bond donors (Lipinski definition) is 1. The van der Waals surface area contributed by atoms with Gasteiger partial charge in [0.15, 0.2) is 0 Å². The van der Waals surface area contributed by atoms with E-state index in [1.54, 1.807) is 18.2 Å². The first-order valence-electron chi connectivity index (χ1n) is 5.31. The predicted molar refractivity (Wildman–Crippen MR) is 65.7 cm³/mol. The number of aryl methyl sites for hydroxylation is 2. The first-order chi connectivity index (χ1) is 7.99. The van der Waals surface area contributed by atoms with E-state index in [1.807, 2.05) is 6.92 Å². The van der Waals surface area contributed by atoms with Crippen LogP contribution in [0.2, 0.25) is 0 Å². The van der Waals surface area contributed by atoms with Crippen molar-refractivity contribution in [3.8, 4) is 11.1 Å². The summed E-state index contributed by atoms with van der Waals surface area (Å²) in [5.41, 5.74) is 8.24. The molecule has 2 N–H and O–H groups in total.